The minimum atomic E-state index is -0.160. The van der Waals surface area contributed by atoms with Gasteiger partial charge in [0, 0.05) is 25.7 Å². The summed E-state index contributed by atoms with van der Waals surface area (Å²) in [5, 5.41) is 4.23. The molecular weight excluding hydrogens is 352 g/mol. The SMILES string of the molecule is Cc1cc(C(=O)N2CCN(c3ccccc3-c3ccccc3)C(=O)C2)n(C)n1. The van der Waals surface area contributed by atoms with Gasteiger partial charge in [0.05, 0.1) is 11.4 Å². The zero-order valence-electron chi connectivity index (χ0n) is 16.0. The van der Waals surface area contributed by atoms with E-state index < -0.39 is 0 Å². The molecule has 0 saturated carbocycles. The van der Waals surface area contributed by atoms with Crippen molar-refractivity contribution in [3.8, 4) is 11.1 Å². The second kappa shape index (κ2) is 7.31. The highest BCUT2D eigenvalue weighted by molar-refractivity contribution is 6.03. The molecule has 0 unspecified atom stereocenters. The van der Waals surface area contributed by atoms with Gasteiger partial charge in [0.25, 0.3) is 5.91 Å². The number of piperazine rings is 1. The molecule has 6 nitrogen and oxygen atoms in total. The lowest BCUT2D eigenvalue weighted by atomic mass is 10.0. The summed E-state index contributed by atoms with van der Waals surface area (Å²) in [6.07, 6.45) is 0. The molecule has 2 aromatic carbocycles. The Morgan fingerprint density at radius 2 is 1.71 bits per heavy atom. The average molecular weight is 374 g/mol. The highest BCUT2D eigenvalue weighted by atomic mass is 16.2. The maximum atomic E-state index is 12.9. The molecule has 28 heavy (non-hydrogen) atoms. The Hall–Kier alpha value is -3.41. The summed E-state index contributed by atoms with van der Waals surface area (Å²) in [4.78, 5) is 29.1. The van der Waals surface area contributed by atoms with Crippen LogP contribution in [0.1, 0.15) is 16.2 Å². The lowest BCUT2D eigenvalue weighted by Gasteiger charge is -2.35. The summed E-state index contributed by atoms with van der Waals surface area (Å²) < 4.78 is 1.57. The second-order valence-corrected chi connectivity index (χ2v) is 6.95. The number of benzene rings is 2. The van der Waals surface area contributed by atoms with E-state index in [0.29, 0.717) is 18.8 Å². The van der Waals surface area contributed by atoms with Crippen molar-refractivity contribution < 1.29 is 9.59 Å². The Bertz CT molecular complexity index is 1030. The van der Waals surface area contributed by atoms with Gasteiger partial charge in [0.15, 0.2) is 0 Å². The summed E-state index contributed by atoms with van der Waals surface area (Å²) in [7, 11) is 1.74. The van der Waals surface area contributed by atoms with Crippen LogP contribution in [0, 0.1) is 6.92 Å². The predicted molar refractivity (Wildman–Crippen MR) is 108 cm³/mol. The third-order valence-electron chi connectivity index (χ3n) is 5.01. The van der Waals surface area contributed by atoms with Crippen molar-refractivity contribution in [2.45, 2.75) is 6.92 Å². The summed E-state index contributed by atoms with van der Waals surface area (Å²) in [6.45, 7) is 2.86. The molecule has 1 aliphatic rings. The Morgan fingerprint density at radius 1 is 1.00 bits per heavy atom. The van der Waals surface area contributed by atoms with Gasteiger partial charge in [0.1, 0.15) is 12.2 Å². The molecule has 0 atom stereocenters. The molecule has 2 heterocycles. The van der Waals surface area contributed by atoms with Crippen LogP contribution in [0.25, 0.3) is 11.1 Å². The van der Waals surface area contributed by atoms with Crippen LogP contribution in [0.15, 0.2) is 60.7 Å². The van der Waals surface area contributed by atoms with E-state index in [2.05, 4.69) is 5.10 Å². The predicted octanol–water partition coefficient (Wildman–Crippen LogP) is 2.88. The van der Waals surface area contributed by atoms with Crippen LogP contribution in [-0.4, -0.2) is 46.1 Å². The van der Waals surface area contributed by atoms with Crippen LogP contribution in [0.3, 0.4) is 0 Å². The number of nitrogens with zero attached hydrogens (tertiary/aromatic N) is 4. The molecule has 0 aliphatic carbocycles. The highest BCUT2D eigenvalue weighted by Gasteiger charge is 2.30. The van der Waals surface area contributed by atoms with Gasteiger partial charge in [-0.15, -0.1) is 0 Å². The van der Waals surface area contributed by atoms with Gasteiger partial charge < -0.3 is 9.80 Å². The van der Waals surface area contributed by atoms with Crippen LogP contribution < -0.4 is 4.90 Å². The van der Waals surface area contributed by atoms with Crippen LogP contribution in [-0.2, 0) is 11.8 Å². The number of carbonyl (C=O) groups excluding carboxylic acids is 2. The molecule has 142 valence electrons. The number of para-hydroxylation sites is 1. The number of hydrogen-bond acceptors (Lipinski definition) is 3. The van der Waals surface area contributed by atoms with Gasteiger partial charge >= 0.3 is 0 Å². The molecule has 0 radical (unpaired) electrons. The minimum Gasteiger partial charge on any atom is -0.326 e. The van der Waals surface area contributed by atoms with E-state index in [1.54, 1.807) is 27.6 Å². The van der Waals surface area contributed by atoms with Crippen molar-refractivity contribution >= 4 is 17.5 Å². The molecule has 1 saturated heterocycles. The van der Waals surface area contributed by atoms with Crippen LogP contribution in [0.2, 0.25) is 0 Å². The first-order chi connectivity index (χ1) is 13.5. The first-order valence-electron chi connectivity index (χ1n) is 9.29. The van der Waals surface area contributed by atoms with E-state index in [-0.39, 0.29) is 18.4 Å². The number of carbonyl (C=O) groups is 2. The van der Waals surface area contributed by atoms with Gasteiger partial charge in [-0.05, 0) is 24.6 Å². The first-order valence-corrected chi connectivity index (χ1v) is 9.29. The fourth-order valence-corrected chi connectivity index (χ4v) is 3.64. The normalized spacial score (nSPS) is 14.4. The van der Waals surface area contributed by atoms with Gasteiger partial charge in [0.2, 0.25) is 5.91 Å². The number of hydrogen-bond donors (Lipinski definition) is 0. The number of rotatable bonds is 3. The zero-order chi connectivity index (χ0) is 19.7. The van der Waals surface area contributed by atoms with E-state index in [1.165, 1.54) is 0 Å². The molecule has 2 amide bonds. The van der Waals surface area contributed by atoms with Crippen molar-refractivity contribution in [3.63, 3.8) is 0 Å². The van der Waals surface area contributed by atoms with E-state index in [0.717, 1.165) is 22.5 Å². The van der Waals surface area contributed by atoms with Gasteiger partial charge in [-0.2, -0.15) is 5.10 Å². The van der Waals surface area contributed by atoms with Crippen LogP contribution >= 0.6 is 0 Å². The fourth-order valence-electron chi connectivity index (χ4n) is 3.64. The summed E-state index contributed by atoms with van der Waals surface area (Å²) in [6, 6.07) is 19.7. The van der Waals surface area contributed by atoms with E-state index in [4.69, 9.17) is 0 Å². The standard InChI is InChI=1S/C22H22N4O2/c1-16-14-20(24(2)23-16)22(28)25-12-13-26(21(27)15-25)19-11-7-6-10-18(19)17-8-4-3-5-9-17/h3-11,14H,12-13,15H2,1-2H3. The Balaban J connectivity index is 1.57. The third-order valence-corrected chi connectivity index (χ3v) is 5.01. The summed E-state index contributed by atoms with van der Waals surface area (Å²) >= 11 is 0. The maximum absolute atomic E-state index is 12.9. The maximum Gasteiger partial charge on any atom is 0.272 e. The van der Waals surface area contributed by atoms with Gasteiger partial charge in [-0.3, -0.25) is 14.3 Å². The van der Waals surface area contributed by atoms with Crippen molar-refractivity contribution in [1.29, 1.82) is 0 Å². The zero-order valence-corrected chi connectivity index (χ0v) is 16.0. The number of amides is 2. The Labute approximate surface area is 164 Å². The molecular formula is C22H22N4O2. The summed E-state index contributed by atoms with van der Waals surface area (Å²) in [5.41, 5.74) is 4.24. The number of anilines is 1. The molecule has 4 rings (SSSR count). The first kappa shape index (κ1) is 18.0. The van der Waals surface area contributed by atoms with E-state index >= 15 is 0 Å². The smallest absolute Gasteiger partial charge is 0.272 e. The van der Waals surface area contributed by atoms with Crippen molar-refractivity contribution in [2.75, 3.05) is 24.5 Å². The van der Waals surface area contributed by atoms with Gasteiger partial charge in [-0.25, -0.2) is 0 Å². The minimum absolute atomic E-state index is 0.0617. The molecule has 0 spiro atoms. The van der Waals surface area contributed by atoms with Gasteiger partial charge in [-0.1, -0.05) is 48.5 Å². The second-order valence-electron chi connectivity index (χ2n) is 6.95. The average Bonchev–Trinajstić information content (AvgIpc) is 3.06. The quantitative estimate of drug-likeness (QED) is 0.708. The lowest BCUT2D eigenvalue weighted by Crippen LogP contribution is -2.52. The molecule has 1 fully saturated rings. The fraction of sp³-hybridized carbons (Fsp3) is 0.227. The van der Waals surface area contributed by atoms with E-state index in [1.807, 2.05) is 61.5 Å². The van der Waals surface area contributed by atoms with Crippen LogP contribution in [0.4, 0.5) is 5.69 Å². The highest BCUT2D eigenvalue weighted by Crippen LogP contribution is 2.31. The summed E-state index contributed by atoms with van der Waals surface area (Å²) in [5.74, 6) is -0.241. The molecule has 0 N–H and O–H groups in total. The van der Waals surface area contributed by atoms with Crippen molar-refractivity contribution in [1.82, 2.24) is 14.7 Å². The van der Waals surface area contributed by atoms with Crippen molar-refractivity contribution in [3.05, 3.63) is 72.1 Å². The van der Waals surface area contributed by atoms with Crippen molar-refractivity contribution in [2.24, 2.45) is 7.05 Å². The largest absolute Gasteiger partial charge is 0.326 e. The Kier molecular flexibility index (Phi) is 4.69. The monoisotopic (exact) mass is 374 g/mol. The lowest BCUT2D eigenvalue weighted by molar-refractivity contribution is -0.120. The van der Waals surface area contributed by atoms with Crippen LogP contribution in [0.5, 0.6) is 0 Å². The number of aryl methyl sites for hydroxylation is 2. The molecule has 0 bridgehead atoms. The molecule has 3 aromatic rings. The topological polar surface area (TPSA) is 58.4 Å². The Morgan fingerprint density at radius 3 is 2.39 bits per heavy atom. The third kappa shape index (κ3) is 3.29. The number of aromatic nitrogens is 2. The molecule has 6 heteroatoms. The molecule has 1 aliphatic heterocycles. The molecule has 1 aromatic heterocycles. The van der Waals surface area contributed by atoms with E-state index in [9.17, 15) is 9.59 Å².